The summed E-state index contributed by atoms with van der Waals surface area (Å²) < 4.78 is 7.34. The van der Waals surface area contributed by atoms with Crippen LogP contribution < -0.4 is 5.32 Å². The number of pyridine rings is 2. The molecule has 0 aromatic carbocycles. The normalized spacial score (nSPS) is 18.3. The first-order chi connectivity index (χ1) is 14.7. The number of esters is 1. The van der Waals surface area contributed by atoms with Gasteiger partial charge in [-0.3, -0.25) is 14.8 Å². The SMILES string of the molecule is CCOC(=O)CN1C(=S)N[C@H](c2ccccn2)[C@H]1c1cccn1Cc1cccnc1. The van der Waals surface area contributed by atoms with Crippen molar-refractivity contribution in [3.63, 3.8) is 0 Å². The van der Waals surface area contributed by atoms with Crippen molar-refractivity contribution in [2.75, 3.05) is 13.2 Å². The van der Waals surface area contributed by atoms with Crippen molar-refractivity contribution in [3.8, 4) is 0 Å². The molecule has 0 bridgehead atoms. The maximum absolute atomic E-state index is 12.3. The molecule has 0 spiro atoms. The minimum Gasteiger partial charge on any atom is -0.465 e. The van der Waals surface area contributed by atoms with Gasteiger partial charge in [-0.15, -0.1) is 0 Å². The third-order valence-corrected chi connectivity index (χ3v) is 5.40. The highest BCUT2D eigenvalue weighted by Crippen LogP contribution is 2.38. The number of thiocarbonyl (C=S) groups is 1. The van der Waals surface area contributed by atoms with Crippen molar-refractivity contribution in [1.82, 2.24) is 24.8 Å². The molecule has 3 aromatic rings. The Bertz CT molecular complexity index is 1010. The average Bonchev–Trinajstić information content (AvgIpc) is 3.34. The number of nitrogens with zero attached hydrogens (tertiary/aromatic N) is 4. The Morgan fingerprint density at radius 3 is 2.83 bits per heavy atom. The van der Waals surface area contributed by atoms with E-state index in [1.165, 1.54) is 0 Å². The highest BCUT2D eigenvalue weighted by Gasteiger charge is 2.42. The molecule has 0 saturated carbocycles. The number of aromatic nitrogens is 3. The smallest absolute Gasteiger partial charge is 0.325 e. The molecule has 0 unspecified atom stereocenters. The Labute approximate surface area is 180 Å². The molecule has 0 amide bonds. The topological polar surface area (TPSA) is 72.3 Å². The van der Waals surface area contributed by atoms with Crippen LogP contribution in [0.3, 0.4) is 0 Å². The Morgan fingerprint density at radius 2 is 2.10 bits per heavy atom. The van der Waals surface area contributed by atoms with E-state index in [4.69, 9.17) is 17.0 Å². The lowest BCUT2D eigenvalue weighted by molar-refractivity contribution is -0.143. The number of carbonyl (C=O) groups excluding carboxylic acids is 1. The van der Waals surface area contributed by atoms with Crippen LogP contribution in [0.1, 0.15) is 36.0 Å². The fourth-order valence-corrected chi connectivity index (χ4v) is 4.08. The molecule has 4 heterocycles. The lowest BCUT2D eigenvalue weighted by Crippen LogP contribution is -2.36. The second-order valence-electron chi connectivity index (χ2n) is 6.98. The van der Waals surface area contributed by atoms with Gasteiger partial charge in [-0.25, -0.2) is 0 Å². The average molecular weight is 422 g/mol. The van der Waals surface area contributed by atoms with E-state index in [1.54, 1.807) is 19.3 Å². The number of ether oxygens (including phenoxy) is 1. The van der Waals surface area contributed by atoms with E-state index in [-0.39, 0.29) is 24.6 Å². The zero-order valence-electron chi connectivity index (χ0n) is 16.6. The fourth-order valence-electron chi connectivity index (χ4n) is 3.77. The highest BCUT2D eigenvalue weighted by atomic mass is 32.1. The summed E-state index contributed by atoms with van der Waals surface area (Å²) in [5.74, 6) is -0.307. The predicted molar refractivity (Wildman–Crippen MR) is 117 cm³/mol. The molecule has 8 heteroatoms. The summed E-state index contributed by atoms with van der Waals surface area (Å²) in [6.07, 6.45) is 7.41. The molecule has 1 N–H and O–H groups in total. The third kappa shape index (κ3) is 4.18. The first-order valence-electron chi connectivity index (χ1n) is 9.85. The lowest BCUT2D eigenvalue weighted by atomic mass is 10.0. The van der Waals surface area contributed by atoms with Crippen LogP contribution >= 0.6 is 12.2 Å². The van der Waals surface area contributed by atoms with Crippen LogP contribution in [0.5, 0.6) is 0 Å². The molecular weight excluding hydrogens is 398 g/mol. The number of hydrogen-bond acceptors (Lipinski definition) is 5. The number of rotatable bonds is 7. The van der Waals surface area contributed by atoms with Gasteiger partial charge in [0.05, 0.1) is 24.4 Å². The summed E-state index contributed by atoms with van der Waals surface area (Å²) in [5, 5.41) is 3.87. The second-order valence-corrected chi connectivity index (χ2v) is 7.37. The molecule has 1 saturated heterocycles. The molecule has 2 atom stereocenters. The molecule has 1 aliphatic rings. The van der Waals surface area contributed by atoms with Crippen molar-refractivity contribution in [2.45, 2.75) is 25.6 Å². The van der Waals surface area contributed by atoms with Crippen LogP contribution in [0.2, 0.25) is 0 Å². The summed E-state index contributed by atoms with van der Waals surface area (Å²) in [6, 6.07) is 13.4. The van der Waals surface area contributed by atoms with Crippen LogP contribution in [-0.2, 0) is 16.1 Å². The Morgan fingerprint density at radius 1 is 1.20 bits per heavy atom. The monoisotopic (exact) mass is 421 g/mol. The van der Waals surface area contributed by atoms with E-state index in [9.17, 15) is 4.79 Å². The van der Waals surface area contributed by atoms with Gasteiger partial charge in [-0.2, -0.15) is 0 Å². The van der Waals surface area contributed by atoms with Crippen LogP contribution in [0.15, 0.2) is 67.3 Å². The van der Waals surface area contributed by atoms with Crippen molar-refractivity contribution >= 4 is 23.3 Å². The number of hydrogen-bond donors (Lipinski definition) is 1. The molecule has 3 aromatic heterocycles. The van der Waals surface area contributed by atoms with E-state index in [2.05, 4.69) is 25.9 Å². The van der Waals surface area contributed by atoms with E-state index < -0.39 is 0 Å². The molecule has 0 radical (unpaired) electrons. The largest absolute Gasteiger partial charge is 0.465 e. The number of carbonyl (C=O) groups is 1. The molecule has 4 rings (SSSR count). The molecule has 1 aliphatic heterocycles. The molecule has 7 nitrogen and oxygen atoms in total. The summed E-state index contributed by atoms with van der Waals surface area (Å²) >= 11 is 5.60. The summed E-state index contributed by atoms with van der Waals surface area (Å²) in [4.78, 5) is 22.9. The molecule has 1 fully saturated rings. The maximum Gasteiger partial charge on any atom is 0.325 e. The van der Waals surface area contributed by atoms with Crippen molar-refractivity contribution in [1.29, 1.82) is 0 Å². The van der Waals surface area contributed by atoms with Crippen LogP contribution in [0.4, 0.5) is 0 Å². The third-order valence-electron chi connectivity index (χ3n) is 5.05. The fraction of sp³-hybridized carbons (Fsp3) is 0.273. The van der Waals surface area contributed by atoms with Gasteiger partial charge in [0.15, 0.2) is 5.11 Å². The zero-order valence-corrected chi connectivity index (χ0v) is 17.5. The molecule has 30 heavy (non-hydrogen) atoms. The van der Waals surface area contributed by atoms with Gasteiger partial charge >= 0.3 is 5.97 Å². The standard InChI is InChI=1S/C22H23N5O2S/c1-2-29-19(28)15-27-21(20(25-22(27)30)17-8-3-4-11-24-17)18-9-6-12-26(18)14-16-7-5-10-23-13-16/h3-13,20-21H,2,14-15H2,1H3,(H,25,30)/t20-,21-/m1/s1. The van der Waals surface area contributed by atoms with Crippen LogP contribution in [0, 0.1) is 0 Å². The molecular formula is C22H23N5O2S. The first kappa shape index (κ1) is 20.0. The van der Waals surface area contributed by atoms with Gasteiger partial charge in [0.2, 0.25) is 0 Å². The van der Waals surface area contributed by atoms with E-state index in [1.807, 2.05) is 53.7 Å². The summed E-state index contributed by atoms with van der Waals surface area (Å²) in [7, 11) is 0. The maximum atomic E-state index is 12.3. The summed E-state index contributed by atoms with van der Waals surface area (Å²) in [5.41, 5.74) is 2.99. The van der Waals surface area contributed by atoms with E-state index in [0.29, 0.717) is 18.3 Å². The quantitative estimate of drug-likeness (QED) is 0.465. The van der Waals surface area contributed by atoms with E-state index >= 15 is 0 Å². The van der Waals surface area contributed by atoms with Crippen molar-refractivity contribution < 1.29 is 9.53 Å². The number of nitrogens with one attached hydrogen (secondary N) is 1. The minimum absolute atomic E-state index is 0.0751. The Kier molecular flexibility index (Phi) is 6.04. The van der Waals surface area contributed by atoms with Gasteiger partial charge in [0.25, 0.3) is 0 Å². The lowest BCUT2D eigenvalue weighted by Gasteiger charge is -2.28. The van der Waals surface area contributed by atoms with Gasteiger partial charge in [-0.05, 0) is 55.0 Å². The molecule has 154 valence electrons. The minimum atomic E-state index is -0.307. The molecule has 0 aliphatic carbocycles. The second kappa shape index (κ2) is 9.04. The van der Waals surface area contributed by atoms with Crippen molar-refractivity contribution in [3.05, 3.63) is 84.2 Å². The van der Waals surface area contributed by atoms with Crippen LogP contribution in [-0.4, -0.2) is 43.7 Å². The summed E-state index contributed by atoms with van der Waals surface area (Å²) in [6.45, 7) is 2.87. The van der Waals surface area contributed by atoms with Gasteiger partial charge in [0, 0.05) is 37.0 Å². The Hall–Kier alpha value is -3.26. The van der Waals surface area contributed by atoms with Gasteiger partial charge < -0.3 is 19.5 Å². The zero-order chi connectivity index (χ0) is 20.9. The van der Waals surface area contributed by atoms with Gasteiger partial charge in [0.1, 0.15) is 6.54 Å². The van der Waals surface area contributed by atoms with Gasteiger partial charge in [-0.1, -0.05) is 12.1 Å². The first-order valence-corrected chi connectivity index (χ1v) is 10.3. The highest BCUT2D eigenvalue weighted by molar-refractivity contribution is 7.80. The van der Waals surface area contributed by atoms with Crippen LogP contribution in [0.25, 0.3) is 0 Å². The van der Waals surface area contributed by atoms with Crippen molar-refractivity contribution in [2.24, 2.45) is 0 Å². The van der Waals surface area contributed by atoms with E-state index in [0.717, 1.165) is 17.0 Å². The Balaban J connectivity index is 1.71. The predicted octanol–water partition coefficient (Wildman–Crippen LogP) is 2.86.